The molecule has 0 aliphatic carbocycles. The minimum Gasteiger partial charge on any atom is -0.387 e. The summed E-state index contributed by atoms with van der Waals surface area (Å²) in [4.78, 5) is 23.4. The molecular weight excluding hydrogens is 1060 g/mol. The van der Waals surface area contributed by atoms with Crippen molar-refractivity contribution in [2.45, 2.75) is 398 Å². The molecule has 0 rings (SSSR count). The number of amides is 1. The largest absolute Gasteiger partial charge is 0.472 e. The van der Waals surface area contributed by atoms with Crippen LogP contribution in [0.2, 0.25) is 0 Å². The van der Waals surface area contributed by atoms with Gasteiger partial charge in [0.1, 0.15) is 13.2 Å². The predicted molar refractivity (Wildman–Crippen MR) is 369 cm³/mol. The summed E-state index contributed by atoms with van der Waals surface area (Å²) in [5, 5.41) is 14.0. The molecule has 0 aromatic carbocycles. The van der Waals surface area contributed by atoms with Gasteiger partial charge in [-0.05, 0) is 57.8 Å². The molecule has 0 fully saturated rings. The number of unbranched alkanes of at least 4 members (excludes halogenated alkanes) is 53. The first-order valence-electron chi connectivity index (χ1n) is 37.4. The number of allylic oxidation sites excluding steroid dienone is 5. The Bertz CT molecular complexity index is 1460. The Morgan fingerprint density at radius 2 is 0.655 bits per heavy atom. The molecule has 0 spiro atoms. The zero-order valence-corrected chi connectivity index (χ0v) is 58.1. The molecule has 0 saturated carbocycles. The maximum absolute atomic E-state index is 13.1. The number of nitrogens with zero attached hydrogens (tertiary/aromatic N) is 1. The second-order valence-electron chi connectivity index (χ2n) is 27.0. The quantitative estimate of drug-likeness (QED) is 0.0243. The van der Waals surface area contributed by atoms with E-state index in [0.29, 0.717) is 17.4 Å². The Balaban J connectivity index is 4.03. The van der Waals surface area contributed by atoms with Gasteiger partial charge >= 0.3 is 7.82 Å². The molecule has 3 N–H and O–H groups in total. The Labute approximate surface area is 525 Å². The van der Waals surface area contributed by atoms with Crippen LogP contribution in [-0.2, 0) is 18.4 Å². The molecule has 0 bridgehead atoms. The lowest BCUT2D eigenvalue weighted by Crippen LogP contribution is -2.45. The number of hydrogen-bond acceptors (Lipinski definition) is 5. The molecule has 0 saturated heterocycles. The molecule has 0 radical (unpaired) electrons. The van der Waals surface area contributed by atoms with Gasteiger partial charge in [-0.25, -0.2) is 4.57 Å². The fraction of sp³-hybridized carbons (Fsp3) is 0.907. The van der Waals surface area contributed by atoms with Gasteiger partial charge < -0.3 is 19.8 Å². The van der Waals surface area contributed by atoms with Crippen LogP contribution in [0.1, 0.15) is 386 Å². The number of carbonyl (C=O) groups excluding carboxylic acids is 1. The van der Waals surface area contributed by atoms with Gasteiger partial charge in [0, 0.05) is 6.42 Å². The number of hydrogen-bond donors (Lipinski definition) is 3. The van der Waals surface area contributed by atoms with E-state index < -0.39 is 20.0 Å². The molecule has 0 heterocycles. The predicted octanol–water partition coefficient (Wildman–Crippen LogP) is 24.0. The summed E-state index contributed by atoms with van der Waals surface area (Å²) < 4.78 is 23.8. The number of phosphoric acid groups is 1. The maximum atomic E-state index is 13.1. The molecule has 84 heavy (non-hydrogen) atoms. The van der Waals surface area contributed by atoms with Crippen LogP contribution in [0.5, 0.6) is 0 Å². The lowest BCUT2D eigenvalue weighted by atomic mass is 10.0. The first-order chi connectivity index (χ1) is 41.0. The molecule has 9 heteroatoms. The van der Waals surface area contributed by atoms with Crippen molar-refractivity contribution in [3.05, 3.63) is 36.5 Å². The highest BCUT2D eigenvalue weighted by Crippen LogP contribution is 2.43. The van der Waals surface area contributed by atoms with Crippen LogP contribution in [-0.4, -0.2) is 73.4 Å². The minimum atomic E-state index is -4.36. The first-order valence-corrected chi connectivity index (χ1v) is 38.9. The van der Waals surface area contributed by atoms with Gasteiger partial charge in [0.2, 0.25) is 5.91 Å². The molecular formula is C75H148N2O6P+. The van der Waals surface area contributed by atoms with Crippen molar-refractivity contribution in [1.29, 1.82) is 0 Å². The van der Waals surface area contributed by atoms with Gasteiger partial charge in [-0.3, -0.25) is 13.8 Å². The average molecular weight is 1200 g/mol. The van der Waals surface area contributed by atoms with Crippen molar-refractivity contribution in [2.75, 3.05) is 40.9 Å². The molecule has 3 unspecified atom stereocenters. The smallest absolute Gasteiger partial charge is 0.387 e. The van der Waals surface area contributed by atoms with Gasteiger partial charge in [-0.1, -0.05) is 359 Å². The standard InChI is InChI=1S/C75H147N2O6P/c1-6-8-10-12-14-16-18-20-22-24-26-28-30-32-34-36-38-40-42-44-46-48-50-52-54-56-58-60-62-64-66-68-74(78)73(72-83-84(80,81)82-71-70-77(3,4)5)76-75(79)69-67-65-63-61-59-57-55-53-51-49-47-45-43-41-39-37-35-33-31-29-27-25-23-21-19-17-15-13-11-9-7-2/h25,27,58,60,66,68,73-74,78H,6-24,26,28-57,59,61-65,67,69-72H2,1-5H3,(H-,76,79,80,81)/p+1/b27-25-,60-58+,68-66+. The van der Waals surface area contributed by atoms with E-state index in [1.807, 2.05) is 27.2 Å². The van der Waals surface area contributed by atoms with E-state index in [1.165, 1.54) is 327 Å². The zero-order chi connectivity index (χ0) is 61.2. The average Bonchev–Trinajstić information content (AvgIpc) is 3.56. The van der Waals surface area contributed by atoms with Crippen LogP contribution >= 0.6 is 7.82 Å². The van der Waals surface area contributed by atoms with Crippen molar-refractivity contribution < 1.29 is 32.9 Å². The molecule has 3 atom stereocenters. The van der Waals surface area contributed by atoms with E-state index >= 15 is 0 Å². The van der Waals surface area contributed by atoms with Gasteiger partial charge in [-0.15, -0.1) is 0 Å². The summed E-state index contributed by atoms with van der Waals surface area (Å²) in [6.45, 7) is 4.86. The van der Waals surface area contributed by atoms with Crippen LogP contribution in [0.4, 0.5) is 0 Å². The number of phosphoric ester groups is 1. The Hall–Kier alpha value is -1.28. The monoisotopic (exact) mass is 1200 g/mol. The van der Waals surface area contributed by atoms with E-state index in [-0.39, 0.29) is 19.1 Å². The Kier molecular flexibility index (Phi) is 65.1. The highest BCUT2D eigenvalue weighted by Gasteiger charge is 2.28. The zero-order valence-electron chi connectivity index (χ0n) is 57.2. The maximum Gasteiger partial charge on any atom is 0.472 e. The second-order valence-corrected chi connectivity index (χ2v) is 28.5. The van der Waals surface area contributed by atoms with Crippen LogP contribution in [0.15, 0.2) is 36.5 Å². The van der Waals surface area contributed by atoms with E-state index in [0.717, 1.165) is 38.5 Å². The molecule has 0 aliphatic heterocycles. The summed E-state index contributed by atoms with van der Waals surface area (Å²) >= 11 is 0. The van der Waals surface area contributed by atoms with Crippen molar-refractivity contribution in [3.8, 4) is 0 Å². The van der Waals surface area contributed by atoms with Gasteiger partial charge in [-0.2, -0.15) is 0 Å². The normalized spacial score (nSPS) is 13.8. The summed E-state index contributed by atoms with van der Waals surface area (Å²) in [5.41, 5.74) is 0. The van der Waals surface area contributed by atoms with E-state index in [1.54, 1.807) is 6.08 Å². The first kappa shape index (κ1) is 82.7. The van der Waals surface area contributed by atoms with Crippen molar-refractivity contribution in [2.24, 2.45) is 0 Å². The fourth-order valence-corrected chi connectivity index (χ4v) is 12.3. The fourth-order valence-electron chi connectivity index (χ4n) is 11.5. The molecule has 0 aromatic rings. The third kappa shape index (κ3) is 68.2. The number of rotatable bonds is 70. The molecule has 0 aromatic heterocycles. The van der Waals surface area contributed by atoms with Gasteiger partial charge in [0.05, 0.1) is 39.9 Å². The third-order valence-corrected chi connectivity index (χ3v) is 18.3. The minimum absolute atomic E-state index is 0.0581. The Morgan fingerprint density at radius 1 is 0.393 bits per heavy atom. The molecule has 498 valence electrons. The second kappa shape index (κ2) is 66.1. The van der Waals surface area contributed by atoms with Crippen molar-refractivity contribution in [3.63, 3.8) is 0 Å². The van der Waals surface area contributed by atoms with Gasteiger partial charge in [0.25, 0.3) is 0 Å². The van der Waals surface area contributed by atoms with Crippen molar-refractivity contribution in [1.82, 2.24) is 5.32 Å². The molecule has 8 nitrogen and oxygen atoms in total. The number of nitrogens with one attached hydrogen (secondary N) is 1. The summed E-state index contributed by atoms with van der Waals surface area (Å²) in [7, 11) is 1.57. The Morgan fingerprint density at radius 3 is 0.952 bits per heavy atom. The van der Waals surface area contributed by atoms with E-state index in [2.05, 4.69) is 43.5 Å². The molecule has 0 aliphatic rings. The number of carbonyl (C=O) groups is 1. The van der Waals surface area contributed by atoms with Crippen LogP contribution in [0.3, 0.4) is 0 Å². The number of quaternary nitrogens is 1. The van der Waals surface area contributed by atoms with E-state index in [4.69, 9.17) is 9.05 Å². The third-order valence-electron chi connectivity index (χ3n) is 17.3. The highest BCUT2D eigenvalue weighted by atomic mass is 31.2. The lowest BCUT2D eigenvalue weighted by molar-refractivity contribution is -0.870. The van der Waals surface area contributed by atoms with Crippen LogP contribution < -0.4 is 5.32 Å². The topological polar surface area (TPSA) is 105 Å². The van der Waals surface area contributed by atoms with E-state index in [9.17, 15) is 19.4 Å². The number of aliphatic hydroxyl groups is 1. The molecule has 1 amide bonds. The van der Waals surface area contributed by atoms with Crippen molar-refractivity contribution >= 4 is 13.7 Å². The SMILES string of the molecule is CCCCCCCCCC/C=C\CCCCCCCCCCCCCCCCCCCCCC(=O)NC(COP(=O)(O)OCC[N+](C)(C)C)C(O)/C=C/CC/C=C/CCCCCCCCCCCCCCCCCCCCCCCCCCC. The van der Waals surface area contributed by atoms with Crippen LogP contribution in [0.25, 0.3) is 0 Å². The summed E-state index contributed by atoms with van der Waals surface area (Å²) in [6.07, 6.45) is 89.0. The number of aliphatic hydroxyl groups excluding tert-OH is 1. The van der Waals surface area contributed by atoms with Gasteiger partial charge in [0.15, 0.2) is 0 Å². The highest BCUT2D eigenvalue weighted by molar-refractivity contribution is 7.47. The summed E-state index contributed by atoms with van der Waals surface area (Å²) in [5.74, 6) is -0.179. The summed E-state index contributed by atoms with van der Waals surface area (Å²) in [6, 6.07) is -0.864. The lowest BCUT2D eigenvalue weighted by Gasteiger charge is -2.25. The van der Waals surface area contributed by atoms with Crippen LogP contribution in [0, 0.1) is 0 Å². The number of likely N-dealkylation sites (N-methyl/N-ethyl adjacent to an activating group) is 1.